The molecular formula is C13H25NO3S. The van der Waals surface area contributed by atoms with Crippen LogP contribution in [0, 0.1) is 0 Å². The molecule has 1 aliphatic carbocycles. The Balaban J connectivity index is 1.76. The van der Waals surface area contributed by atoms with Gasteiger partial charge in [0.15, 0.2) is 5.79 Å². The molecule has 0 bridgehead atoms. The maximum Gasteiger partial charge on any atom is 0.168 e. The van der Waals surface area contributed by atoms with Crippen LogP contribution in [0.2, 0.25) is 0 Å². The smallest absolute Gasteiger partial charge is 0.168 e. The standard InChI is InChI=1S/C13H25NO3S/c1-10(12(9-15)18-2)14-11-3-5-13(6-4-11)16-7-8-17-13/h10-12,14-15H,3-9H2,1-2H3. The molecule has 2 unspecified atom stereocenters. The lowest BCUT2D eigenvalue weighted by molar-refractivity contribution is -0.179. The number of thioether (sulfide) groups is 1. The lowest BCUT2D eigenvalue weighted by atomic mass is 9.89. The van der Waals surface area contributed by atoms with E-state index in [1.54, 1.807) is 11.8 Å². The second kappa shape index (κ2) is 6.57. The van der Waals surface area contributed by atoms with Crippen molar-refractivity contribution in [1.29, 1.82) is 0 Å². The van der Waals surface area contributed by atoms with Gasteiger partial charge in [0.1, 0.15) is 0 Å². The fraction of sp³-hybridized carbons (Fsp3) is 1.00. The highest BCUT2D eigenvalue weighted by atomic mass is 32.2. The van der Waals surface area contributed by atoms with E-state index in [-0.39, 0.29) is 17.6 Å². The first-order chi connectivity index (χ1) is 8.69. The normalized spacial score (nSPS) is 27.5. The number of hydrogen-bond donors (Lipinski definition) is 2. The summed E-state index contributed by atoms with van der Waals surface area (Å²) in [6.07, 6.45) is 6.21. The summed E-state index contributed by atoms with van der Waals surface area (Å²) in [5.41, 5.74) is 0. The molecule has 2 rings (SSSR count). The van der Waals surface area contributed by atoms with Crippen molar-refractivity contribution < 1.29 is 14.6 Å². The van der Waals surface area contributed by atoms with Crippen LogP contribution in [0.15, 0.2) is 0 Å². The summed E-state index contributed by atoms with van der Waals surface area (Å²) in [6.45, 7) is 3.88. The lowest BCUT2D eigenvalue weighted by Gasteiger charge is -2.37. The van der Waals surface area contributed by atoms with Gasteiger partial charge in [0, 0.05) is 30.2 Å². The van der Waals surface area contributed by atoms with Crippen molar-refractivity contribution in [2.45, 2.75) is 55.7 Å². The topological polar surface area (TPSA) is 50.7 Å². The van der Waals surface area contributed by atoms with E-state index >= 15 is 0 Å². The third-order valence-corrected chi connectivity index (χ3v) is 5.26. The molecule has 2 N–H and O–H groups in total. The molecule has 0 radical (unpaired) electrons. The Kier molecular flexibility index (Phi) is 5.33. The van der Waals surface area contributed by atoms with Gasteiger partial charge in [-0.25, -0.2) is 0 Å². The molecule has 1 saturated heterocycles. The molecule has 2 fully saturated rings. The summed E-state index contributed by atoms with van der Waals surface area (Å²) in [5, 5.41) is 13.2. The Morgan fingerprint density at radius 2 is 1.94 bits per heavy atom. The van der Waals surface area contributed by atoms with Crippen molar-refractivity contribution in [1.82, 2.24) is 5.32 Å². The van der Waals surface area contributed by atoms with Gasteiger partial charge in [-0.05, 0) is 26.0 Å². The van der Waals surface area contributed by atoms with Crippen LogP contribution in [-0.2, 0) is 9.47 Å². The van der Waals surface area contributed by atoms with Crippen LogP contribution in [0.5, 0.6) is 0 Å². The molecule has 18 heavy (non-hydrogen) atoms. The van der Waals surface area contributed by atoms with Crippen LogP contribution >= 0.6 is 11.8 Å². The zero-order valence-corrected chi connectivity index (χ0v) is 12.2. The zero-order chi connectivity index (χ0) is 13.0. The lowest BCUT2D eigenvalue weighted by Crippen LogP contribution is -2.48. The van der Waals surface area contributed by atoms with Crippen molar-refractivity contribution in [3.8, 4) is 0 Å². The van der Waals surface area contributed by atoms with Crippen molar-refractivity contribution in [3.05, 3.63) is 0 Å². The molecular weight excluding hydrogens is 250 g/mol. The van der Waals surface area contributed by atoms with E-state index in [1.165, 1.54) is 0 Å². The number of rotatable bonds is 5. The van der Waals surface area contributed by atoms with Gasteiger partial charge in [0.25, 0.3) is 0 Å². The van der Waals surface area contributed by atoms with Crippen LogP contribution in [0.3, 0.4) is 0 Å². The van der Waals surface area contributed by atoms with Gasteiger partial charge in [-0.1, -0.05) is 0 Å². The van der Waals surface area contributed by atoms with Crippen LogP contribution in [0.4, 0.5) is 0 Å². The highest BCUT2D eigenvalue weighted by Crippen LogP contribution is 2.35. The number of nitrogens with one attached hydrogen (secondary N) is 1. The van der Waals surface area contributed by atoms with Crippen molar-refractivity contribution in [2.24, 2.45) is 0 Å². The zero-order valence-electron chi connectivity index (χ0n) is 11.4. The van der Waals surface area contributed by atoms with Gasteiger partial charge < -0.3 is 19.9 Å². The molecule has 1 spiro atoms. The van der Waals surface area contributed by atoms with Gasteiger partial charge in [-0.15, -0.1) is 0 Å². The van der Waals surface area contributed by atoms with E-state index in [2.05, 4.69) is 18.5 Å². The quantitative estimate of drug-likeness (QED) is 0.794. The Bertz CT molecular complexity index is 245. The molecule has 106 valence electrons. The SMILES string of the molecule is CSC(CO)C(C)NC1CCC2(CC1)OCCO2. The molecule has 5 heteroatoms. The molecule has 1 saturated carbocycles. The van der Waals surface area contributed by atoms with Gasteiger partial charge in [-0.3, -0.25) is 0 Å². The fourth-order valence-electron chi connectivity index (χ4n) is 2.93. The Hall–Kier alpha value is 0.190. The minimum absolute atomic E-state index is 0.234. The molecule has 1 heterocycles. The number of aliphatic hydroxyl groups excluding tert-OH is 1. The molecule has 4 nitrogen and oxygen atoms in total. The summed E-state index contributed by atoms with van der Waals surface area (Å²) in [7, 11) is 0. The molecule has 0 aromatic heterocycles. The third-order valence-electron chi connectivity index (χ3n) is 4.10. The van der Waals surface area contributed by atoms with E-state index in [1.807, 2.05) is 0 Å². The summed E-state index contributed by atoms with van der Waals surface area (Å²) < 4.78 is 11.5. The predicted octanol–water partition coefficient (Wildman–Crippen LogP) is 1.37. The number of hydrogen-bond acceptors (Lipinski definition) is 5. The van der Waals surface area contributed by atoms with E-state index in [4.69, 9.17) is 9.47 Å². The summed E-state index contributed by atoms with van der Waals surface area (Å²) in [5.74, 6) is -0.267. The highest BCUT2D eigenvalue weighted by molar-refractivity contribution is 7.99. The van der Waals surface area contributed by atoms with Crippen molar-refractivity contribution >= 4 is 11.8 Å². The second-order valence-electron chi connectivity index (χ2n) is 5.29. The second-order valence-corrected chi connectivity index (χ2v) is 6.37. The van der Waals surface area contributed by atoms with Crippen molar-refractivity contribution in [2.75, 3.05) is 26.1 Å². The summed E-state index contributed by atoms with van der Waals surface area (Å²) in [4.78, 5) is 0. The monoisotopic (exact) mass is 275 g/mol. The first-order valence-corrected chi connectivity index (χ1v) is 8.15. The van der Waals surface area contributed by atoms with E-state index in [0.717, 1.165) is 38.9 Å². The molecule has 0 aromatic carbocycles. The van der Waals surface area contributed by atoms with Crippen LogP contribution in [-0.4, -0.2) is 54.3 Å². The van der Waals surface area contributed by atoms with Crippen LogP contribution < -0.4 is 5.32 Å². The molecule has 0 amide bonds. The summed E-state index contributed by atoms with van der Waals surface area (Å²) in [6, 6.07) is 0.870. The Morgan fingerprint density at radius 1 is 1.33 bits per heavy atom. The van der Waals surface area contributed by atoms with Gasteiger partial charge in [-0.2, -0.15) is 11.8 Å². The van der Waals surface area contributed by atoms with Crippen molar-refractivity contribution in [3.63, 3.8) is 0 Å². The van der Waals surface area contributed by atoms with E-state index in [0.29, 0.717) is 12.1 Å². The number of aliphatic hydroxyl groups is 1. The predicted molar refractivity (Wildman–Crippen MR) is 73.9 cm³/mol. The average molecular weight is 275 g/mol. The first kappa shape index (κ1) is 14.6. The van der Waals surface area contributed by atoms with Crippen LogP contribution in [0.25, 0.3) is 0 Å². The van der Waals surface area contributed by atoms with Gasteiger partial charge in [0.05, 0.1) is 19.8 Å². The third kappa shape index (κ3) is 3.39. The largest absolute Gasteiger partial charge is 0.395 e. The Labute approximate surface area is 114 Å². The summed E-state index contributed by atoms with van der Waals surface area (Å²) >= 11 is 1.72. The van der Waals surface area contributed by atoms with Gasteiger partial charge in [0.2, 0.25) is 0 Å². The fourth-order valence-corrected chi connectivity index (χ4v) is 3.56. The molecule has 0 aromatic rings. The Morgan fingerprint density at radius 3 is 2.44 bits per heavy atom. The average Bonchev–Trinajstić information content (AvgIpc) is 2.83. The number of ether oxygens (including phenoxy) is 2. The van der Waals surface area contributed by atoms with Gasteiger partial charge >= 0.3 is 0 Å². The first-order valence-electron chi connectivity index (χ1n) is 6.87. The molecule has 2 aliphatic rings. The minimum atomic E-state index is -0.267. The minimum Gasteiger partial charge on any atom is -0.395 e. The van der Waals surface area contributed by atoms with E-state index in [9.17, 15) is 5.11 Å². The molecule has 2 atom stereocenters. The van der Waals surface area contributed by atoms with Crippen LogP contribution in [0.1, 0.15) is 32.6 Å². The maximum absolute atomic E-state index is 9.29. The maximum atomic E-state index is 9.29. The van der Waals surface area contributed by atoms with E-state index < -0.39 is 0 Å². The molecule has 1 aliphatic heterocycles. The highest BCUT2D eigenvalue weighted by Gasteiger charge is 2.40.